The van der Waals surface area contributed by atoms with Crippen molar-refractivity contribution in [1.82, 2.24) is 14.8 Å². The van der Waals surface area contributed by atoms with E-state index >= 15 is 0 Å². The maximum atomic E-state index is 13.5. The molecule has 2 unspecified atom stereocenters. The van der Waals surface area contributed by atoms with E-state index in [2.05, 4.69) is 16.1 Å². The molecular weight excluding hydrogens is 390 g/mol. The van der Waals surface area contributed by atoms with Gasteiger partial charge in [-0.1, -0.05) is 43.2 Å². The van der Waals surface area contributed by atoms with Crippen LogP contribution in [0.2, 0.25) is 0 Å². The van der Waals surface area contributed by atoms with E-state index in [1.54, 1.807) is 19.5 Å². The van der Waals surface area contributed by atoms with Crippen LogP contribution in [-0.4, -0.2) is 33.1 Å². The van der Waals surface area contributed by atoms with E-state index in [1.165, 1.54) is 4.68 Å². The van der Waals surface area contributed by atoms with E-state index in [4.69, 9.17) is 4.74 Å². The number of aliphatic hydroxyl groups is 1. The second-order valence-corrected chi connectivity index (χ2v) is 8.24. The van der Waals surface area contributed by atoms with Gasteiger partial charge in [-0.15, -0.1) is 0 Å². The molecule has 5 rings (SSSR count). The number of aliphatic hydroxyl groups excluding tert-OH is 1. The Kier molecular flexibility index (Phi) is 5.16. The molecule has 1 aliphatic carbocycles. The van der Waals surface area contributed by atoms with Gasteiger partial charge in [-0.3, -0.25) is 4.79 Å². The highest BCUT2D eigenvalue weighted by atomic mass is 16.5. The van der Waals surface area contributed by atoms with Crippen LogP contribution in [0.4, 0.5) is 0 Å². The van der Waals surface area contributed by atoms with Crippen LogP contribution in [0.3, 0.4) is 0 Å². The van der Waals surface area contributed by atoms with Crippen molar-refractivity contribution in [2.75, 3.05) is 7.11 Å². The first-order valence-electron chi connectivity index (χ1n) is 10.7. The summed E-state index contributed by atoms with van der Waals surface area (Å²) in [6, 6.07) is 13.7. The summed E-state index contributed by atoms with van der Waals surface area (Å²) in [4.78, 5) is 17.8. The quantitative estimate of drug-likeness (QED) is 0.510. The van der Waals surface area contributed by atoms with Gasteiger partial charge in [-0.25, -0.2) is 9.67 Å². The van der Waals surface area contributed by atoms with Crippen molar-refractivity contribution in [2.45, 2.75) is 44.2 Å². The van der Waals surface area contributed by atoms with Crippen molar-refractivity contribution in [3.63, 3.8) is 0 Å². The van der Waals surface area contributed by atoms with Gasteiger partial charge in [-0.2, -0.15) is 5.10 Å². The molecule has 2 aromatic heterocycles. The standard InChI is InChI=1S/C25H25N3O3/c1-31-24-11-10-16(14-26-24)12-17-13-20-21(19-7-3-2-6-18(17)19)15-27-28(25(20)30)22-8-4-5-9-23(22)29/h2-3,6-7,10-11,13-15,22-23,29H,4-5,8-9,12H2,1H3. The second kappa shape index (κ2) is 8.12. The molecule has 1 saturated carbocycles. The third kappa shape index (κ3) is 3.57. The van der Waals surface area contributed by atoms with Crippen molar-refractivity contribution >= 4 is 21.5 Å². The van der Waals surface area contributed by atoms with Gasteiger partial charge in [0.25, 0.3) is 5.56 Å². The fourth-order valence-corrected chi connectivity index (χ4v) is 4.70. The lowest BCUT2D eigenvalue weighted by atomic mass is 9.92. The van der Waals surface area contributed by atoms with Crippen LogP contribution >= 0.6 is 0 Å². The largest absolute Gasteiger partial charge is 0.481 e. The van der Waals surface area contributed by atoms with Crippen LogP contribution in [0, 0.1) is 0 Å². The lowest BCUT2D eigenvalue weighted by molar-refractivity contribution is 0.0672. The first-order valence-corrected chi connectivity index (χ1v) is 10.7. The molecule has 0 saturated heterocycles. The highest BCUT2D eigenvalue weighted by molar-refractivity contribution is 6.08. The van der Waals surface area contributed by atoms with Crippen molar-refractivity contribution in [2.24, 2.45) is 0 Å². The number of ether oxygens (including phenoxy) is 1. The Labute approximate surface area is 180 Å². The van der Waals surface area contributed by atoms with E-state index in [-0.39, 0.29) is 11.6 Å². The molecular formula is C25H25N3O3. The number of hydrogen-bond acceptors (Lipinski definition) is 5. The maximum Gasteiger partial charge on any atom is 0.275 e. The summed E-state index contributed by atoms with van der Waals surface area (Å²) in [5.41, 5.74) is 1.97. The minimum absolute atomic E-state index is 0.136. The monoisotopic (exact) mass is 415 g/mol. The lowest BCUT2D eigenvalue weighted by Crippen LogP contribution is -2.36. The Balaban J connectivity index is 1.67. The molecule has 2 atom stereocenters. The molecule has 4 aromatic rings. The second-order valence-electron chi connectivity index (χ2n) is 8.24. The zero-order chi connectivity index (χ0) is 21.4. The average molecular weight is 415 g/mol. The van der Waals surface area contributed by atoms with Gasteiger partial charge in [0.2, 0.25) is 5.88 Å². The van der Waals surface area contributed by atoms with Crippen LogP contribution in [0.1, 0.15) is 42.9 Å². The van der Waals surface area contributed by atoms with E-state index in [1.807, 2.05) is 36.4 Å². The first kappa shape index (κ1) is 19.7. The van der Waals surface area contributed by atoms with Crippen LogP contribution in [0.5, 0.6) is 5.88 Å². The molecule has 2 heterocycles. The number of nitrogens with zero attached hydrogens (tertiary/aromatic N) is 3. The minimum Gasteiger partial charge on any atom is -0.481 e. The Hall–Kier alpha value is -3.25. The summed E-state index contributed by atoms with van der Waals surface area (Å²) < 4.78 is 6.66. The summed E-state index contributed by atoms with van der Waals surface area (Å²) >= 11 is 0. The predicted octanol–water partition coefficient (Wildman–Crippen LogP) is 4.02. The Morgan fingerprint density at radius 1 is 1.03 bits per heavy atom. The molecule has 6 nitrogen and oxygen atoms in total. The zero-order valence-corrected chi connectivity index (χ0v) is 17.5. The summed E-state index contributed by atoms with van der Waals surface area (Å²) in [6.07, 6.45) is 7.19. The molecule has 6 heteroatoms. The van der Waals surface area contributed by atoms with Gasteiger partial charge >= 0.3 is 0 Å². The maximum absolute atomic E-state index is 13.5. The molecule has 158 valence electrons. The Morgan fingerprint density at radius 2 is 1.84 bits per heavy atom. The van der Waals surface area contributed by atoms with Gasteiger partial charge in [0, 0.05) is 17.6 Å². The molecule has 1 N–H and O–H groups in total. The normalized spacial score (nSPS) is 19.0. The molecule has 0 amide bonds. The molecule has 0 radical (unpaired) electrons. The summed E-state index contributed by atoms with van der Waals surface area (Å²) in [5.74, 6) is 0.576. The fraction of sp³-hybridized carbons (Fsp3) is 0.320. The highest BCUT2D eigenvalue weighted by Gasteiger charge is 2.27. The van der Waals surface area contributed by atoms with E-state index in [9.17, 15) is 9.90 Å². The molecule has 0 aliphatic heterocycles. The predicted molar refractivity (Wildman–Crippen MR) is 121 cm³/mol. The average Bonchev–Trinajstić information content (AvgIpc) is 2.81. The van der Waals surface area contributed by atoms with Crippen LogP contribution in [-0.2, 0) is 6.42 Å². The Morgan fingerprint density at radius 3 is 2.58 bits per heavy atom. The summed E-state index contributed by atoms with van der Waals surface area (Å²) in [7, 11) is 1.60. The van der Waals surface area contributed by atoms with Crippen molar-refractivity contribution in [3.05, 3.63) is 76.3 Å². The third-order valence-corrected chi connectivity index (χ3v) is 6.33. The van der Waals surface area contributed by atoms with Gasteiger partial charge in [0.05, 0.1) is 30.8 Å². The molecule has 1 aliphatic rings. The Bertz CT molecular complexity index is 1300. The number of aromatic nitrogens is 3. The number of methoxy groups -OCH3 is 1. The van der Waals surface area contributed by atoms with Crippen LogP contribution in [0.25, 0.3) is 21.5 Å². The van der Waals surface area contributed by atoms with E-state index in [0.717, 1.165) is 46.5 Å². The van der Waals surface area contributed by atoms with Crippen molar-refractivity contribution < 1.29 is 9.84 Å². The van der Waals surface area contributed by atoms with E-state index in [0.29, 0.717) is 24.1 Å². The van der Waals surface area contributed by atoms with Crippen LogP contribution < -0.4 is 10.3 Å². The third-order valence-electron chi connectivity index (χ3n) is 6.33. The minimum atomic E-state index is -0.526. The SMILES string of the molecule is COc1ccc(Cc2cc3c(=O)n(C4CCCCC4O)ncc3c3ccccc23)cn1. The van der Waals surface area contributed by atoms with Gasteiger partial charge in [-0.05, 0) is 47.2 Å². The van der Waals surface area contributed by atoms with Crippen LogP contribution in [0.15, 0.2) is 59.7 Å². The number of hydrogen-bond donors (Lipinski definition) is 1. The van der Waals surface area contributed by atoms with Gasteiger partial charge in [0.15, 0.2) is 0 Å². The van der Waals surface area contributed by atoms with Crippen molar-refractivity contribution in [1.29, 1.82) is 0 Å². The lowest BCUT2D eigenvalue weighted by Gasteiger charge is -2.28. The first-order chi connectivity index (χ1) is 15.2. The number of fused-ring (bicyclic) bond motifs is 3. The fourth-order valence-electron chi connectivity index (χ4n) is 4.70. The molecule has 1 fully saturated rings. The zero-order valence-electron chi connectivity index (χ0n) is 17.5. The van der Waals surface area contributed by atoms with Gasteiger partial charge < -0.3 is 9.84 Å². The topological polar surface area (TPSA) is 77.2 Å². The molecule has 2 aromatic carbocycles. The number of pyridine rings is 1. The molecule has 31 heavy (non-hydrogen) atoms. The molecule has 0 spiro atoms. The highest BCUT2D eigenvalue weighted by Crippen LogP contribution is 2.31. The van der Waals surface area contributed by atoms with Crippen molar-refractivity contribution in [3.8, 4) is 5.88 Å². The smallest absolute Gasteiger partial charge is 0.275 e. The van der Waals surface area contributed by atoms with Gasteiger partial charge in [0.1, 0.15) is 0 Å². The summed E-state index contributed by atoms with van der Waals surface area (Å²) in [6.45, 7) is 0. The summed E-state index contributed by atoms with van der Waals surface area (Å²) in [5, 5.41) is 18.5. The molecule has 0 bridgehead atoms. The number of benzene rings is 2. The van der Waals surface area contributed by atoms with E-state index < -0.39 is 6.10 Å². The number of rotatable bonds is 4.